The van der Waals surface area contributed by atoms with Gasteiger partial charge in [0.05, 0.1) is 21.7 Å². The number of amides is 5. The van der Waals surface area contributed by atoms with Crippen LogP contribution in [-0.2, 0) is 29.1 Å². The van der Waals surface area contributed by atoms with Gasteiger partial charge >= 0.3 is 0 Å². The molecular weight excluding hydrogens is 730 g/mol. The Bertz CT molecular complexity index is 2140. The van der Waals surface area contributed by atoms with Crippen molar-refractivity contribution in [3.63, 3.8) is 0 Å². The van der Waals surface area contributed by atoms with Gasteiger partial charge in [-0.05, 0) is 123 Å². The number of anilines is 2. The van der Waals surface area contributed by atoms with Crippen LogP contribution in [0.5, 0.6) is 0 Å². The number of hydrogen-bond acceptors (Lipinski definition) is 9. The standard InChI is InChI=1S/C43H44ClN7O5/c44-39-27(21-45)3-10-36-33(39)15-18-50(36)32-8-4-30(5-9-32)46-40(53)26-1-6-31(7-2-26)49-16-13-25(14-17-49)22-48-23-28-19-34-35(20-29(28)24-48)43(56)51(42(34)55)37-11-12-38(52)47-41(37)54/h1-3,6-7,10,19-20,25,30,32,37H,4-5,8-9,11-18,22-24H2,(H,46,53)(H,47,52,54). The van der Waals surface area contributed by atoms with Crippen molar-refractivity contribution in [2.24, 2.45) is 5.92 Å². The maximum atomic E-state index is 13.3. The largest absolute Gasteiger partial charge is 0.372 e. The quantitative estimate of drug-likeness (QED) is 0.319. The van der Waals surface area contributed by atoms with Crippen molar-refractivity contribution in [3.8, 4) is 6.07 Å². The Hall–Kier alpha value is -5.25. The maximum absolute atomic E-state index is 13.3. The molecule has 1 saturated carbocycles. The summed E-state index contributed by atoms with van der Waals surface area (Å²) in [6.45, 7) is 5.13. The molecule has 56 heavy (non-hydrogen) atoms. The van der Waals surface area contributed by atoms with Crippen molar-refractivity contribution in [1.82, 2.24) is 20.4 Å². The Morgan fingerprint density at radius 3 is 2.16 bits per heavy atom. The number of benzene rings is 3. The molecule has 2 N–H and O–H groups in total. The highest BCUT2D eigenvalue weighted by molar-refractivity contribution is 6.33. The highest BCUT2D eigenvalue weighted by Crippen LogP contribution is 2.40. The molecule has 3 aromatic carbocycles. The Kier molecular flexibility index (Phi) is 9.54. The molecule has 5 amide bonds. The van der Waals surface area contributed by atoms with Crippen LogP contribution in [0, 0.1) is 17.2 Å². The van der Waals surface area contributed by atoms with Crippen LogP contribution in [0.1, 0.15) is 105 Å². The second-order valence-electron chi connectivity index (χ2n) is 16.2. The van der Waals surface area contributed by atoms with Gasteiger partial charge in [-0.1, -0.05) is 11.6 Å². The number of nitrogens with zero attached hydrogens (tertiary/aromatic N) is 5. The van der Waals surface area contributed by atoms with Crippen LogP contribution in [0.3, 0.4) is 0 Å². The monoisotopic (exact) mass is 773 g/mol. The van der Waals surface area contributed by atoms with Crippen molar-refractivity contribution in [1.29, 1.82) is 5.26 Å². The van der Waals surface area contributed by atoms with Crippen molar-refractivity contribution < 1.29 is 24.0 Å². The van der Waals surface area contributed by atoms with E-state index in [2.05, 4.69) is 43.5 Å². The van der Waals surface area contributed by atoms with E-state index in [-0.39, 0.29) is 30.7 Å². The summed E-state index contributed by atoms with van der Waals surface area (Å²) < 4.78 is 0. The molecule has 288 valence electrons. The lowest BCUT2D eigenvalue weighted by Gasteiger charge is -2.36. The Labute approximate surface area is 330 Å². The fourth-order valence-corrected chi connectivity index (χ4v) is 10.2. The number of halogens is 1. The summed E-state index contributed by atoms with van der Waals surface area (Å²) in [7, 11) is 0. The van der Waals surface area contributed by atoms with E-state index in [1.807, 2.05) is 36.4 Å². The van der Waals surface area contributed by atoms with E-state index in [4.69, 9.17) is 11.6 Å². The van der Waals surface area contributed by atoms with Crippen LogP contribution >= 0.6 is 11.6 Å². The van der Waals surface area contributed by atoms with Gasteiger partial charge in [0.2, 0.25) is 11.8 Å². The van der Waals surface area contributed by atoms with Crippen LogP contribution in [-0.4, -0.2) is 83.6 Å². The van der Waals surface area contributed by atoms with Crippen LogP contribution in [0.25, 0.3) is 0 Å². The van der Waals surface area contributed by atoms with E-state index >= 15 is 0 Å². The Balaban J connectivity index is 0.729. The Morgan fingerprint density at radius 2 is 1.52 bits per heavy atom. The molecule has 0 radical (unpaired) electrons. The van der Waals surface area contributed by atoms with Gasteiger partial charge in [0.15, 0.2) is 0 Å². The van der Waals surface area contributed by atoms with Crippen LogP contribution < -0.4 is 20.4 Å². The molecule has 3 aromatic rings. The Morgan fingerprint density at radius 1 is 0.839 bits per heavy atom. The molecule has 5 heterocycles. The zero-order chi connectivity index (χ0) is 38.7. The third-order valence-electron chi connectivity index (χ3n) is 12.9. The van der Waals surface area contributed by atoms with Gasteiger partial charge in [-0.2, -0.15) is 5.26 Å². The molecular formula is C43H44ClN7O5. The predicted molar refractivity (Wildman–Crippen MR) is 209 cm³/mol. The molecule has 3 fully saturated rings. The molecule has 0 bridgehead atoms. The molecule has 6 aliphatic rings. The third-order valence-corrected chi connectivity index (χ3v) is 13.3. The third kappa shape index (κ3) is 6.60. The number of carbonyl (C=O) groups excluding carboxylic acids is 5. The number of piperidine rings is 2. The van der Waals surface area contributed by atoms with Gasteiger partial charge in [-0.25, -0.2) is 0 Å². The first-order valence-corrected chi connectivity index (χ1v) is 20.3. The second-order valence-corrected chi connectivity index (χ2v) is 16.6. The van der Waals surface area contributed by atoms with Gasteiger partial charge in [0.25, 0.3) is 17.7 Å². The summed E-state index contributed by atoms with van der Waals surface area (Å²) in [6, 6.07) is 17.3. The van der Waals surface area contributed by atoms with E-state index in [1.165, 1.54) is 0 Å². The lowest BCUT2D eigenvalue weighted by Crippen LogP contribution is -2.54. The average molecular weight is 774 g/mol. The number of nitrogens with one attached hydrogen (secondary N) is 2. The predicted octanol–water partition coefficient (Wildman–Crippen LogP) is 4.95. The molecule has 1 unspecified atom stereocenters. The molecule has 5 aliphatic heterocycles. The van der Waals surface area contributed by atoms with Crippen LogP contribution in [0.15, 0.2) is 48.5 Å². The molecule has 9 rings (SSSR count). The fraction of sp³-hybridized carbons (Fsp3) is 0.442. The lowest BCUT2D eigenvalue weighted by molar-refractivity contribution is -0.136. The molecule has 1 atom stereocenters. The highest BCUT2D eigenvalue weighted by atomic mass is 35.5. The fourth-order valence-electron chi connectivity index (χ4n) is 9.87. The zero-order valence-electron chi connectivity index (χ0n) is 31.2. The van der Waals surface area contributed by atoms with Crippen LogP contribution in [0.4, 0.5) is 11.4 Å². The van der Waals surface area contributed by atoms with Crippen molar-refractivity contribution >= 4 is 52.5 Å². The van der Waals surface area contributed by atoms with E-state index < -0.39 is 23.8 Å². The van der Waals surface area contributed by atoms with Crippen molar-refractivity contribution in [2.75, 3.05) is 36.0 Å². The molecule has 0 aromatic heterocycles. The summed E-state index contributed by atoms with van der Waals surface area (Å²) in [6.07, 6.45) is 7.04. The summed E-state index contributed by atoms with van der Waals surface area (Å²) in [4.78, 5) is 72.1. The number of carbonyl (C=O) groups is 5. The first-order valence-electron chi connectivity index (χ1n) is 19.9. The molecule has 0 spiro atoms. The van der Waals surface area contributed by atoms with Crippen molar-refractivity contribution in [3.05, 3.63) is 92.5 Å². The van der Waals surface area contributed by atoms with E-state index in [9.17, 15) is 29.2 Å². The maximum Gasteiger partial charge on any atom is 0.262 e. The van der Waals surface area contributed by atoms with E-state index in [1.54, 1.807) is 0 Å². The van der Waals surface area contributed by atoms with Gasteiger partial charge in [-0.15, -0.1) is 0 Å². The van der Waals surface area contributed by atoms with E-state index in [0.29, 0.717) is 52.3 Å². The SMILES string of the molecule is N#Cc1ccc2c(c1Cl)CCN2C1CCC(NC(=O)c2ccc(N3CCC(CN4Cc5cc6c(cc5C4)C(=O)N(C4CCC(=O)NC4=O)C6=O)CC3)cc2)CC1. The summed E-state index contributed by atoms with van der Waals surface area (Å²) in [5, 5.41) is 15.5. The smallest absolute Gasteiger partial charge is 0.262 e. The first kappa shape index (κ1) is 36.4. The second kappa shape index (κ2) is 14.7. The summed E-state index contributed by atoms with van der Waals surface area (Å²) >= 11 is 6.51. The summed E-state index contributed by atoms with van der Waals surface area (Å²) in [5.41, 5.74) is 7.33. The highest BCUT2D eigenvalue weighted by Gasteiger charge is 2.45. The number of imide groups is 2. The molecule has 13 heteroatoms. The minimum absolute atomic E-state index is 0.0294. The molecule has 1 aliphatic carbocycles. The van der Waals surface area contributed by atoms with Crippen molar-refractivity contribution in [2.45, 2.75) is 89.0 Å². The lowest BCUT2D eigenvalue weighted by atomic mass is 9.90. The molecule has 2 saturated heterocycles. The van der Waals surface area contributed by atoms with Gasteiger partial charge < -0.3 is 15.1 Å². The minimum atomic E-state index is -0.959. The number of rotatable bonds is 7. The minimum Gasteiger partial charge on any atom is -0.372 e. The number of hydrogen-bond donors (Lipinski definition) is 2. The summed E-state index contributed by atoms with van der Waals surface area (Å²) in [5.74, 6) is -1.42. The van der Waals surface area contributed by atoms with E-state index in [0.717, 1.165) is 104 Å². The topological polar surface area (TPSA) is 146 Å². The zero-order valence-corrected chi connectivity index (χ0v) is 31.9. The average Bonchev–Trinajstić information content (AvgIpc) is 3.89. The molecule has 12 nitrogen and oxygen atoms in total. The van der Waals surface area contributed by atoms with Gasteiger partial charge in [0.1, 0.15) is 12.1 Å². The van der Waals surface area contributed by atoms with Crippen LogP contribution in [0.2, 0.25) is 5.02 Å². The number of fused-ring (bicyclic) bond motifs is 3. The first-order chi connectivity index (χ1) is 27.1. The number of nitriles is 1. The van der Waals surface area contributed by atoms with Gasteiger partial charge in [0, 0.05) is 74.7 Å². The van der Waals surface area contributed by atoms with Gasteiger partial charge in [-0.3, -0.25) is 39.1 Å². The normalized spacial score (nSPS) is 23.9.